The molecule has 90 valence electrons. The number of rotatable bonds is 6. The van der Waals surface area contributed by atoms with Crippen LogP contribution in [0, 0.1) is 0 Å². The summed E-state index contributed by atoms with van der Waals surface area (Å²) in [7, 11) is 0. The first-order valence-electron chi connectivity index (χ1n) is 5.74. The van der Waals surface area contributed by atoms with E-state index in [1.54, 1.807) is 0 Å². The van der Waals surface area contributed by atoms with Gasteiger partial charge in [0, 0.05) is 21.5 Å². The van der Waals surface area contributed by atoms with E-state index in [0.29, 0.717) is 5.25 Å². The molecule has 0 heterocycles. The van der Waals surface area contributed by atoms with Crippen LogP contribution in [0.25, 0.3) is 0 Å². The molecular formula is C13H20BrNS. The fourth-order valence-corrected chi connectivity index (χ4v) is 2.79. The van der Waals surface area contributed by atoms with E-state index in [0.717, 1.165) is 12.2 Å². The summed E-state index contributed by atoms with van der Waals surface area (Å²) < 4.78 is 1.17. The molecular weight excluding hydrogens is 282 g/mol. The van der Waals surface area contributed by atoms with Crippen molar-refractivity contribution in [1.29, 1.82) is 0 Å². The molecule has 0 saturated carbocycles. The summed E-state index contributed by atoms with van der Waals surface area (Å²) in [5.41, 5.74) is 7.44. The molecule has 16 heavy (non-hydrogen) atoms. The van der Waals surface area contributed by atoms with Gasteiger partial charge in [0.05, 0.1) is 0 Å². The van der Waals surface area contributed by atoms with Gasteiger partial charge in [-0.25, -0.2) is 0 Å². The van der Waals surface area contributed by atoms with Crippen LogP contribution in [0.2, 0.25) is 0 Å². The highest BCUT2D eigenvalue weighted by atomic mass is 79.9. The van der Waals surface area contributed by atoms with Gasteiger partial charge in [-0.15, -0.1) is 0 Å². The summed E-state index contributed by atoms with van der Waals surface area (Å²) in [6, 6.07) is 8.56. The van der Waals surface area contributed by atoms with Crippen LogP contribution in [0.5, 0.6) is 0 Å². The molecule has 1 aromatic rings. The molecule has 2 N–H and O–H groups in total. The Labute approximate surface area is 111 Å². The lowest BCUT2D eigenvalue weighted by atomic mass is 10.1. The molecule has 0 aliphatic carbocycles. The lowest BCUT2D eigenvalue weighted by Gasteiger charge is -2.15. The summed E-state index contributed by atoms with van der Waals surface area (Å²) in [6.45, 7) is 4.48. The van der Waals surface area contributed by atoms with Gasteiger partial charge in [0.15, 0.2) is 0 Å². The quantitative estimate of drug-likeness (QED) is 0.864. The SMILES string of the molecule is CCC(C)SCC(N)Cc1ccccc1Br. The molecule has 0 fully saturated rings. The van der Waals surface area contributed by atoms with Crippen molar-refractivity contribution in [3.8, 4) is 0 Å². The van der Waals surface area contributed by atoms with E-state index in [1.807, 2.05) is 17.8 Å². The van der Waals surface area contributed by atoms with Gasteiger partial charge < -0.3 is 5.73 Å². The molecule has 1 nitrogen and oxygen atoms in total. The predicted molar refractivity (Wildman–Crippen MR) is 78.0 cm³/mol. The molecule has 0 aliphatic heterocycles. The smallest absolute Gasteiger partial charge is 0.0207 e. The van der Waals surface area contributed by atoms with Gasteiger partial charge in [-0.05, 0) is 24.5 Å². The highest BCUT2D eigenvalue weighted by molar-refractivity contribution is 9.10. The van der Waals surface area contributed by atoms with Crippen molar-refractivity contribution in [3.63, 3.8) is 0 Å². The van der Waals surface area contributed by atoms with Crippen molar-refractivity contribution in [2.75, 3.05) is 5.75 Å². The fourth-order valence-electron chi connectivity index (χ4n) is 1.41. The van der Waals surface area contributed by atoms with Crippen LogP contribution in [0.4, 0.5) is 0 Å². The Bertz CT molecular complexity index is 317. The van der Waals surface area contributed by atoms with Gasteiger partial charge in [-0.2, -0.15) is 11.8 Å². The summed E-state index contributed by atoms with van der Waals surface area (Å²) in [5, 5.41) is 0.713. The van der Waals surface area contributed by atoms with Crippen LogP contribution in [-0.2, 0) is 6.42 Å². The van der Waals surface area contributed by atoms with Crippen molar-refractivity contribution in [2.45, 2.75) is 38.0 Å². The highest BCUT2D eigenvalue weighted by Gasteiger charge is 2.08. The van der Waals surface area contributed by atoms with Crippen LogP contribution in [0.1, 0.15) is 25.8 Å². The van der Waals surface area contributed by atoms with Crippen molar-refractivity contribution in [3.05, 3.63) is 34.3 Å². The minimum Gasteiger partial charge on any atom is -0.327 e. The van der Waals surface area contributed by atoms with Crippen molar-refractivity contribution >= 4 is 27.7 Å². The largest absolute Gasteiger partial charge is 0.327 e. The van der Waals surface area contributed by atoms with Crippen LogP contribution >= 0.6 is 27.7 Å². The number of hydrogen-bond donors (Lipinski definition) is 1. The van der Waals surface area contributed by atoms with E-state index in [1.165, 1.54) is 16.5 Å². The van der Waals surface area contributed by atoms with E-state index in [4.69, 9.17) is 5.73 Å². The summed E-state index contributed by atoms with van der Waals surface area (Å²) >= 11 is 5.53. The Kier molecular flexibility index (Phi) is 6.47. The molecule has 3 heteroatoms. The lowest BCUT2D eigenvalue weighted by Crippen LogP contribution is -2.26. The van der Waals surface area contributed by atoms with E-state index < -0.39 is 0 Å². The van der Waals surface area contributed by atoms with Crippen LogP contribution in [0.3, 0.4) is 0 Å². The van der Waals surface area contributed by atoms with E-state index in [-0.39, 0.29) is 6.04 Å². The summed E-state index contributed by atoms with van der Waals surface area (Å²) in [6.07, 6.45) is 2.16. The molecule has 1 rings (SSSR count). The van der Waals surface area contributed by atoms with Gasteiger partial charge in [-0.1, -0.05) is 48.0 Å². The Morgan fingerprint density at radius 2 is 2.06 bits per heavy atom. The number of thioether (sulfide) groups is 1. The molecule has 2 atom stereocenters. The van der Waals surface area contributed by atoms with E-state index in [9.17, 15) is 0 Å². The first kappa shape index (κ1) is 14.1. The number of hydrogen-bond acceptors (Lipinski definition) is 2. The lowest BCUT2D eigenvalue weighted by molar-refractivity contribution is 0.743. The van der Waals surface area contributed by atoms with Gasteiger partial charge in [0.1, 0.15) is 0 Å². The van der Waals surface area contributed by atoms with Gasteiger partial charge in [-0.3, -0.25) is 0 Å². The van der Waals surface area contributed by atoms with Crippen molar-refractivity contribution in [2.24, 2.45) is 5.73 Å². The second kappa shape index (κ2) is 7.36. The van der Waals surface area contributed by atoms with E-state index >= 15 is 0 Å². The molecule has 0 bridgehead atoms. The van der Waals surface area contributed by atoms with Gasteiger partial charge >= 0.3 is 0 Å². The van der Waals surface area contributed by atoms with Crippen LogP contribution < -0.4 is 5.73 Å². The third-order valence-corrected chi connectivity index (χ3v) is 4.91. The number of halogens is 1. The minimum absolute atomic E-state index is 0.248. The molecule has 0 radical (unpaired) electrons. The summed E-state index contributed by atoms with van der Waals surface area (Å²) in [5.74, 6) is 1.04. The zero-order chi connectivity index (χ0) is 12.0. The van der Waals surface area contributed by atoms with E-state index in [2.05, 4.69) is 48.0 Å². The Morgan fingerprint density at radius 3 is 2.69 bits per heavy atom. The number of nitrogens with two attached hydrogens (primary N) is 1. The monoisotopic (exact) mass is 301 g/mol. The molecule has 2 unspecified atom stereocenters. The first-order chi connectivity index (χ1) is 7.63. The third-order valence-electron chi connectivity index (χ3n) is 2.61. The fraction of sp³-hybridized carbons (Fsp3) is 0.538. The Morgan fingerprint density at radius 1 is 1.38 bits per heavy atom. The maximum atomic E-state index is 6.14. The van der Waals surface area contributed by atoms with Crippen LogP contribution in [0.15, 0.2) is 28.7 Å². The molecule has 0 amide bonds. The Hall–Kier alpha value is 0.01000. The van der Waals surface area contributed by atoms with Crippen molar-refractivity contribution < 1.29 is 0 Å². The van der Waals surface area contributed by atoms with Crippen LogP contribution in [-0.4, -0.2) is 17.0 Å². The third kappa shape index (κ3) is 4.89. The first-order valence-corrected chi connectivity index (χ1v) is 7.58. The molecule has 1 aromatic carbocycles. The summed E-state index contributed by atoms with van der Waals surface area (Å²) in [4.78, 5) is 0. The maximum Gasteiger partial charge on any atom is 0.0207 e. The normalized spacial score (nSPS) is 14.8. The second-order valence-electron chi connectivity index (χ2n) is 4.11. The number of benzene rings is 1. The minimum atomic E-state index is 0.248. The average Bonchev–Trinajstić information content (AvgIpc) is 2.29. The zero-order valence-electron chi connectivity index (χ0n) is 9.95. The maximum absolute atomic E-state index is 6.14. The molecule has 0 aliphatic rings. The molecule has 0 spiro atoms. The molecule has 0 aromatic heterocycles. The molecule has 0 saturated heterocycles. The second-order valence-corrected chi connectivity index (χ2v) is 6.43. The van der Waals surface area contributed by atoms with Gasteiger partial charge in [0.25, 0.3) is 0 Å². The zero-order valence-corrected chi connectivity index (χ0v) is 12.4. The highest BCUT2D eigenvalue weighted by Crippen LogP contribution is 2.19. The predicted octanol–water partition coefficient (Wildman–Crippen LogP) is 3.85. The topological polar surface area (TPSA) is 26.0 Å². The van der Waals surface area contributed by atoms with Gasteiger partial charge in [0.2, 0.25) is 0 Å². The Balaban J connectivity index is 2.40. The average molecular weight is 302 g/mol. The van der Waals surface area contributed by atoms with Crippen molar-refractivity contribution in [1.82, 2.24) is 0 Å². The standard InChI is InChI=1S/C13H20BrNS/c1-3-10(2)16-9-12(15)8-11-6-4-5-7-13(11)14/h4-7,10,12H,3,8-9,15H2,1-2H3.